The Kier molecular flexibility index (Phi) is 2.68. The highest BCUT2D eigenvalue weighted by molar-refractivity contribution is 5.85. The first-order valence-electron chi connectivity index (χ1n) is 3.53. The summed E-state index contributed by atoms with van der Waals surface area (Å²) in [6, 6.07) is 5.86. The Bertz CT molecular complexity index is 369. The van der Waals surface area contributed by atoms with E-state index in [4.69, 9.17) is 5.73 Å². The molecule has 0 saturated carbocycles. The Morgan fingerprint density at radius 2 is 2.17 bits per heavy atom. The number of hydrogen-bond donors (Lipinski definition) is 2. The minimum absolute atomic E-state index is 0. The molecule has 0 aliphatic carbocycles. The molecule has 2 aromatic heterocycles. The lowest BCUT2D eigenvalue weighted by molar-refractivity contribution is 1.01. The predicted octanol–water partition coefficient (Wildman–Crippen LogP) is 1.44. The van der Waals surface area contributed by atoms with Gasteiger partial charge in [-0.05, 0) is 18.2 Å². The van der Waals surface area contributed by atoms with E-state index >= 15 is 0 Å². The molecule has 64 valence electrons. The molecule has 0 unspecified atom stereocenters. The first-order valence-corrected chi connectivity index (χ1v) is 3.53. The summed E-state index contributed by atoms with van der Waals surface area (Å²) in [4.78, 5) is 7.36. The third kappa shape index (κ3) is 1.42. The van der Waals surface area contributed by atoms with Crippen LogP contribution in [0.3, 0.4) is 0 Å². The first-order chi connectivity index (χ1) is 5.40. The van der Waals surface area contributed by atoms with E-state index in [0.29, 0.717) is 6.54 Å². The van der Waals surface area contributed by atoms with Gasteiger partial charge in [0.25, 0.3) is 0 Å². The number of rotatable bonds is 1. The summed E-state index contributed by atoms with van der Waals surface area (Å²) in [7, 11) is 0. The van der Waals surface area contributed by atoms with Gasteiger partial charge in [0.05, 0.1) is 16.7 Å². The predicted molar refractivity (Wildman–Crippen MR) is 51.2 cm³/mol. The maximum Gasteiger partial charge on any atom is 0.0882 e. The average molecular weight is 184 g/mol. The Morgan fingerprint density at radius 3 is 2.92 bits per heavy atom. The van der Waals surface area contributed by atoms with Crippen LogP contribution >= 0.6 is 12.4 Å². The van der Waals surface area contributed by atoms with Crippen molar-refractivity contribution in [3.63, 3.8) is 0 Å². The van der Waals surface area contributed by atoms with Crippen LogP contribution in [-0.4, -0.2) is 9.97 Å². The van der Waals surface area contributed by atoms with Crippen molar-refractivity contribution in [1.29, 1.82) is 0 Å². The number of aromatic nitrogens is 2. The molecule has 0 amide bonds. The monoisotopic (exact) mass is 183 g/mol. The van der Waals surface area contributed by atoms with Gasteiger partial charge in [-0.3, -0.25) is 0 Å². The number of pyridine rings is 1. The number of aromatic amines is 1. The highest BCUT2D eigenvalue weighted by Gasteiger charge is 1.95. The van der Waals surface area contributed by atoms with Crippen molar-refractivity contribution >= 4 is 23.4 Å². The van der Waals surface area contributed by atoms with Crippen LogP contribution in [0.1, 0.15) is 5.69 Å². The summed E-state index contributed by atoms with van der Waals surface area (Å²) in [5.74, 6) is 0. The van der Waals surface area contributed by atoms with E-state index in [-0.39, 0.29) is 12.4 Å². The van der Waals surface area contributed by atoms with E-state index in [2.05, 4.69) is 9.97 Å². The zero-order chi connectivity index (χ0) is 7.68. The molecule has 12 heavy (non-hydrogen) atoms. The van der Waals surface area contributed by atoms with Crippen molar-refractivity contribution in [2.24, 2.45) is 5.73 Å². The zero-order valence-electron chi connectivity index (χ0n) is 6.45. The molecule has 0 aliphatic rings. The molecule has 0 fully saturated rings. The standard InChI is InChI=1S/C8H9N3.ClH/c9-5-6-1-2-7-8(11-6)3-4-10-7;/h1-4,10H,5,9H2;1H. The summed E-state index contributed by atoms with van der Waals surface area (Å²) in [5, 5.41) is 0. The first kappa shape index (κ1) is 9.03. The molecule has 3 N–H and O–H groups in total. The van der Waals surface area contributed by atoms with Crippen molar-refractivity contribution in [3.05, 3.63) is 30.1 Å². The minimum atomic E-state index is 0. The van der Waals surface area contributed by atoms with Crippen LogP contribution < -0.4 is 5.73 Å². The van der Waals surface area contributed by atoms with Crippen LogP contribution in [0.2, 0.25) is 0 Å². The van der Waals surface area contributed by atoms with Gasteiger partial charge in [0.2, 0.25) is 0 Å². The summed E-state index contributed by atoms with van der Waals surface area (Å²) in [5.41, 5.74) is 8.40. The number of nitrogens with zero attached hydrogens (tertiary/aromatic N) is 1. The number of nitrogens with two attached hydrogens (primary N) is 1. The van der Waals surface area contributed by atoms with Crippen LogP contribution in [0.15, 0.2) is 24.4 Å². The summed E-state index contributed by atoms with van der Waals surface area (Å²) >= 11 is 0. The van der Waals surface area contributed by atoms with E-state index in [0.717, 1.165) is 16.7 Å². The molecule has 3 nitrogen and oxygen atoms in total. The topological polar surface area (TPSA) is 54.7 Å². The molecular weight excluding hydrogens is 174 g/mol. The van der Waals surface area contributed by atoms with Crippen molar-refractivity contribution in [2.45, 2.75) is 6.54 Å². The van der Waals surface area contributed by atoms with Gasteiger partial charge in [-0.1, -0.05) is 0 Å². The van der Waals surface area contributed by atoms with Gasteiger partial charge in [0.1, 0.15) is 0 Å². The van der Waals surface area contributed by atoms with E-state index in [1.807, 2.05) is 24.4 Å². The SMILES string of the molecule is Cl.NCc1ccc2[nH]ccc2n1. The van der Waals surface area contributed by atoms with Gasteiger partial charge in [-0.2, -0.15) is 0 Å². The highest BCUT2D eigenvalue weighted by Crippen LogP contribution is 2.08. The van der Waals surface area contributed by atoms with Crippen LogP contribution in [0.5, 0.6) is 0 Å². The lowest BCUT2D eigenvalue weighted by Gasteiger charge is -1.94. The quantitative estimate of drug-likeness (QED) is 0.703. The van der Waals surface area contributed by atoms with Crippen molar-refractivity contribution in [3.8, 4) is 0 Å². The van der Waals surface area contributed by atoms with E-state index in [9.17, 15) is 0 Å². The molecule has 4 heteroatoms. The van der Waals surface area contributed by atoms with Gasteiger partial charge in [-0.15, -0.1) is 12.4 Å². The molecule has 0 spiro atoms. The van der Waals surface area contributed by atoms with E-state index < -0.39 is 0 Å². The molecule has 0 saturated heterocycles. The second kappa shape index (κ2) is 3.56. The normalized spacial score (nSPS) is 9.75. The number of H-pyrrole nitrogens is 1. The molecule has 2 rings (SSSR count). The number of fused-ring (bicyclic) bond motifs is 1. The highest BCUT2D eigenvalue weighted by atomic mass is 35.5. The third-order valence-electron chi connectivity index (χ3n) is 1.67. The van der Waals surface area contributed by atoms with Crippen molar-refractivity contribution < 1.29 is 0 Å². The van der Waals surface area contributed by atoms with E-state index in [1.165, 1.54) is 0 Å². The Morgan fingerprint density at radius 1 is 1.33 bits per heavy atom. The van der Waals surface area contributed by atoms with Gasteiger partial charge in [0, 0.05) is 12.7 Å². The Labute approximate surface area is 76.4 Å². The molecule has 0 radical (unpaired) electrons. The van der Waals surface area contributed by atoms with E-state index in [1.54, 1.807) is 0 Å². The summed E-state index contributed by atoms with van der Waals surface area (Å²) in [6.45, 7) is 0.501. The Balaban J connectivity index is 0.000000720. The maximum absolute atomic E-state index is 5.44. The fourth-order valence-electron chi connectivity index (χ4n) is 1.09. The number of hydrogen-bond acceptors (Lipinski definition) is 2. The van der Waals surface area contributed by atoms with Crippen molar-refractivity contribution in [2.75, 3.05) is 0 Å². The molecular formula is C8H10ClN3. The average Bonchev–Trinajstić information content (AvgIpc) is 2.50. The molecule has 2 heterocycles. The summed E-state index contributed by atoms with van der Waals surface area (Å²) in [6.07, 6.45) is 1.87. The second-order valence-electron chi connectivity index (χ2n) is 2.42. The van der Waals surface area contributed by atoms with Gasteiger partial charge >= 0.3 is 0 Å². The van der Waals surface area contributed by atoms with Crippen LogP contribution in [0, 0.1) is 0 Å². The fourth-order valence-corrected chi connectivity index (χ4v) is 1.09. The van der Waals surface area contributed by atoms with Crippen molar-refractivity contribution in [1.82, 2.24) is 9.97 Å². The maximum atomic E-state index is 5.44. The molecule has 0 bridgehead atoms. The van der Waals surface area contributed by atoms with Crippen LogP contribution in [-0.2, 0) is 6.54 Å². The largest absolute Gasteiger partial charge is 0.360 e. The Hall–Kier alpha value is -1.06. The second-order valence-corrected chi connectivity index (χ2v) is 2.42. The molecule has 0 aromatic carbocycles. The smallest absolute Gasteiger partial charge is 0.0882 e. The zero-order valence-corrected chi connectivity index (χ0v) is 7.27. The summed E-state index contributed by atoms with van der Waals surface area (Å²) < 4.78 is 0. The van der Waals surface area contributed by atoms with Crippen LogP contribution in [0.4, 0.5) is 0 Å². The lowest BCUT2D eigenvalue weighted by Crippen LogP contribution is -1.98. The molecule has 0 atom stereocenters. The van der Waals surface area contributed by atoms with Gasteiger partial charge < -0.3 is 10.7 Å². The van der Waals surface area contributed by atoms with Gasteiger partial charge in [0.15, 0.2) is 0 Å². The molecule has 0 aliphatic heterocycles. The third-order valence-corrected chi connectivity index (χ3v) is 1.67. The van der Waals surface area contributed by atoms with Crippen LogP contribution in [0.25, 0.3) is 11.0 Å². The fraction of sp³-hybridized carbons (Fsp3) is 0.125. The number of halogens is 1. The number of nitrogens with one attached hydrogen (secondary N) is 1. The molecule has 2 aromatic rings. The lowest BCUT2D eigenvalue weighted by atomic mass is 10.3. The minimum Gasteiger partial charge on any atom is -0.360 e. The van der Waals surface area contributed by atoms with Gasteiger partial charge in [-0.25, -0.2) is 4.98 Å².